The maximum Gasteiger partial charge on any atom is 0.191 e. The van der Waals surface area contributed by atoms with Crippen molar-refractivity contribution < 1.29 is 0 Å². The molecule has 0 radical (unpaired) electrons. The summed E-state index contributed by atoms with van der Waals surface area (Å²) in [6, 6.07) is 9.48. The predicted octanol–water partition coefficient (Wildman–Crippen LogP) is 3.18. The first-order valence-electron chi connectivity index (χ1n) is 7.68. The lowest BCUT2D eigenvalue weighted by Crippen LogP contribution is -2.44. The van der Waals surface area contributed by atoms with Gasteiger partial charge in [0.05, 0.1) is 6.04 Å². The van der Waals surface area contributed by atoms with Gasteiger partial charge in [0.2, 0.25) is 0 Å². The molecular formula is C17H31IN4. The molecule has 0 aliphatic carbocycles. The van der Waals surface area contributed by atoms with Crippen molar-refractivity contribution >= 4 is 29.9 Å². The molecule has 126 valence electrons. The molecule has 22 heavy (non-hydrogen) atoms. The van der Waals surface area contributed by atoms with Crippen molar-refractivity contribution in [2.75, 3.05) is 27.7 Å². The van der Waals surface area contributed by atoms with E-state index < -0.39 is 0 Å². The van der Waals surface area contributed by atoms with Crippen molar-refractivity contribution in [3.05, 3.63) is 35.4 Å². The number of aliphatic imine (C=N–C) groups is 1. The molecule has 0 aliphatic heterocycles. The summed E-state index contributed by atoms with van der Waals surface area (Å²) in [5.41, 5.74) is 2.61. The standard InChI is InChI=1S/C17H30N4.HI/c1-7-14(3)20-17(18-4)19-12-16(21(5)6)15-10-8-13(2)9-11-15;/h8-11,14,16H,7,12H2,1-6H3,(H2,18,19,20);1H. The van der Waals surface area contributed by atoms with Gasteiger partial charge in [-0.1, -0.05) is 36.8 Å². The molecule has 1 rings (SSSR count). The van der Waals surface area contributed by atoms with Gasteiger partial charge in [-0.15, -0.1) is 24.0 Å². The van der Waals surface area contributed by atoms with E-state index in [0.29, 0.717) is 12.1 Å². The second-order valence-corrected chi connectivity index (χ2v) is 5.80. The van der Waals surface area contributed by atoms with Crippen LogP contribution in [0.25, 0.3) is 0 Å². The molecule has 0 aromatic heterocycles. The Bertz CT molecular complexity index is 442. The predicted molar refractivity (Wildman–Crippen MR) is 107 cm³/mol. The second kappa shape index (κ2) is 10.8. The molecule has 2 N–H and O–H groups in total. The third-order valence-electron chi connectivity index (χ3n) is 3.77. The van der Waals surface area contributed by atoms with Crippen LogP contribution in [0.5, 0.6) is 0 Å². The van der Waals surface area contributed by atoms with E-state index in [2.05, 4.69) is 79.7 Å². The zero-order valence-corrected chi connectivity index (χ0v) is 17.0. The Labute approximate surface area is 152 Å². The summed E-state index contributed by atoms with van der Waals surface area (Å²) < 4.78 is 0. The maximum atomic E-state index is 4.29. The monoisotopic (exact) mass is 418 g/mol. The first-order chi connectivity index (χ1) is 9.97. The number of likely N-dealkylation sites (N-methyl/N-ethyl adjacent to an activating group) is 1. The highest BCUT2D eigenvalue weighted by molar-refractivity contribution is 14.0. The molecule has 0 bridgehead atoms. The zero-order valence-electron chi connectivity index (χ0n) is 14.7. The third-order valence-corrected chi connectivity index (χ3v) is 3.77. The number of benzene rings is 1. The Morgan fingerprint density at radius 1 is 1.23 bits per heavy atom. The number of hydrogen-bond acceptors (Lipinski definition) is 2. The van der Waals surface area contributed by atoms with Crippen LogP contribution in [0.2, 0.25) is 0 Å². The number of rotatable bonds is 6. The minimum absolute atomic E-state index is 0. The van der Waals surface area contributed by atoms with Crippen molar-refractivity contribution in [3.63, 3.8) is 0 Å². The Morgan fingerprint density at radius 3 is 2.27 bits per heavy atom. The van der Waals surface area contributed by atoms with Crippen LogP contribution in [0.15, 0.2) is 29.3 Å². The van der Waals surface area contributed by atoms with Crippen LogP contribution in [0.4, 0.5) is 0 Å². The highest BCUT2D eigenvalue weighted by Gasteiger charge is 2.14. The maximum absolute atomic E-state index is 4.29. The molecule has 0 saturated carbocycles. The summed E-state index contributed by atoms with van der Waals surface area (Å²) in [6.45, 7) is 7.27. The van der Waals surface area contributed by atoms with Crippen molar-refractivity contribution in [1.82, 2.24) is 15.5 Å². The Balaban J connectivity index is 0.00000441. The minimum atomic E-state index is 0. The third kappa shape index (κ3) is 6.96. The minimum Gasteiger partial charge on any atom is -0.354 e. The van der Waals surface area contributed by atoms with Gasteiger partial charge in [0.15, 0.2) is 5.96 Å². The lowest BCUT2D eigenvalue weighted by atomic mass is 10.0. The van der Waals surface area contributed by atoms with Crippen LogP contribution in [0.1, 0.15) is 37.4 Å². The molecule has 2 unspecified atom stereocenters. The van der Waals surface area contributed by atoms with E-state index in [1.54, 1.807) is 0 Å². The van der Waals surface area contributed by atoms with Gasteiger partial charge in [0.25, 0.3) is 0 Å². The SMILES string of the molecule is CCC(C)NC(=NC)NCC(c1ccc(C)cc1)N(C)C.I. The molecule has 2 atom stereocenters. The number of aryl methyl sites for hydroxylation is 1. The molecular weight excluding hydrogens is 387 g/mol. The Kier molecular flexibility index (Phi) is 10.4. The van der Waals surface area contributed by atoms with E-state index in [4.69, 9.17) is 0 Å². The molecule has 0 fully saturated rings. The van der Waals surface area contributed by atoms with E-state index in [0.717, 1.165) is 18.9 Å². The summed E-state index contributed by atoms with van der Waals surface area (Å²) >= 11 is 0. The summed E-state index contributed by atoms with van der Waals surface area (Å²) in [7, 11) is 6.03. The van der Waals surface area contributed by atoms with Gasteiger partial charge in [0.1, 0.15) is 0 Å². The highest BCUT2D eigenvalue weighted by Crippen LogP contribution is 2.17. The fraction of sp³-hybridized carbons (Fsp3) is 0.588. The number of halogens is 1. The summed E-state index contributed by atoms with van der Waals surface area (Å²) in [5, 5.41) is 6.82. The van der Waals surface area contributed by atoms with E-state index in [1.165, 1.54) is 11.1 Å². The second-order valence-electron chi connectivity index (χ2n) is 5.80. The van der Waals surface area contributed by atoms with Crippen LogP contribution in [-0.4, -0.2) is 44.6 Å². The Hall–Kier alpha value is -0.820. The average molecular weight is 418 g/mol. The van der Waals surface area contributed by atoms with Crippen LogP contribution in [0, 0.1) is 6.92 Å². The van der Waals surface area contributed by atoms with Crippen molar-refractivity contribution in [1.29, 1.82) is 0 Å². The molecule has 1 aromatic carbocycles. The van der Waals surface area contributed by atoms with E-state index >= 15 is 0 Å². The van der Waals surface area contributed by atoms with Crippen LogP contribution in [0.3, 0.4) is 0 Å². The molecule has 1 aromatic rings. The fourth-order valence-corrected chi connectivity index (χ4v) is 2.11. The largest absolute Gasteiger partial charge is 0.354 e. The van der Waals surface area contributed by atoms with Gasteiger partial charge >= 0.3 is 0 Å². The van der Waals surface area contributed by atoms with Gasteiger partial charge in [-0.05, 0) is 39.9 Å². The van der Waals surface area contributed by atoms with Crippen LogP contribution < -0.4 is 10.6 Å². The number of hydrogen-bond donors (Lipinski definition) is 2. The molecule has 5 heteroatoms. The van der Waals surface area contributed by atoms with Gasteiger partial charge < -0.3 is 15.5 Å². The normalized spacial score (nSPS) is 14.2. The number of nitrogens with one attached hydrogen (secondary N) is 2. The lowest BCUT2D eigenvalue weighted by molar-refractivity contribution is 0.298. The highest BCUT2D eigenvalue weighted by atomic mass is 127. The first kappa shape index (κ1) is 21.2. The van der Waals surface area contributed by atoms with Gasteiger partial charge in [0, 0.05) is 19.6 Å². The van der Waals surface area contributed by atoms with E-state index in [1.807, 2.05) is 7.05 Å². The molecule has 4 nitrogen and oxygen atoms in total. The van der Waals surface area contributed by atoms with Crippen molar-refractivity contribution in [2.24, 2.45) is 4.99 Å². The zero-order chi connectivity index (χ0) is 15.8. The molecule has 0 heterocycles. The van der Waals surface area contributed by atoms with Crippen LogP contribution in [-0.2, 0) is 0 Å². The summed E-state index contributed by atoms with van der Waals surface area (Å²) in [5.74, 6) is 0.864. The summed E-state index contributed by atoms with van der Waals surface area (Å²) in [6.07, 6.45) is 1.08. The smallest absolute Gasteiger partial charge is 0.191 e. The van der Waals surface area contributed by atoms with Crippen molar-refractivity contribution in [2.45, 2.75) is 39.3 Å². The molecule has 0 spiro atoms. The molecule has 0 amide bonds. The van der Waals surface area contributed by atoms with E-state index in [-0.39, 0.29) is 24.0 Å². The summed E-state index contributed by atoms with van der Waals surface area (Å²) in [4.78, 5) is 6.52. The number of nitrogens with zero attached hydrogens (tertiary/aromatic N) is 2. The van der Waals surface area contributed by atoms with Crippen molar-refractivity contribution in [3.8, 4) is 0 Å². The van der Waals surface area contributed by atoms with Crippen LogP contribution >= 0.6 is 24.0 Å². The molecule has 0 aliphatic rings. The average Bonchev–Trinajstić information content (AvgIpc) is 2.47. The van der Waals surface area contributed by atoms with E-state index in [9.17, 15) is 0 Å². The quantitative estimate of drug-likeness (QED) is 0.424. The Morgan fingerprint density at radius 2 is 1.82 bits per heavy atom. The lowest BCUT2D eigenvalue weighted by Gasteiger charge is -2.26. The topological polar surface area (TPSA) is 39.7 Å². The number of guanidine groups is 1. The molecule has 0 saturated heterocycles. The van der Waals surface area contributed by atoms with Gasteiger partial charge in [-0.2, -0.15) is 0 Å². The van der Waals surface area contributed by atoms with Gasteiger partial charge in [-0.25, -0.2) is 0 Å². The fourth-order valence-electron chi connectivity index (χ4n) is 2.11. The van der Waals surface area contributed by atoms with Gasteiger partial charge in [-0.3, -0.25) is 4.99 Å². The first-order valence-corrected chi connectivity index (χ1v) is 7.68.